The average Bonchev–Trinajstić information content (AvgIpc) is 3.65. The number of benzene rings is 8. The molecule has 0 radical (unpaired) electrons. The van der Waals surface area contributed by atoms with Crippen LogP contribution in [0.25, 0.3) is 78.1 Å². The predicted octanol–water partition coefficient (Wildman–Crippen LogP) is 14.8. The number of hydrogen-bond donors (Lipinski definition) is 0. The van der Waals surface area contributed by atoms with Crippen molar-refractivity contribution in [1.29, 1.82) is 0 Å². The summed E-state index contributed by atoms with van der Waals surface area (Å²) in [6, 6.07) is 83.7. The Balaban J connectivity index is 1.12. The van der Waals surface area contributed by atoms with Gasteiger partial charge in [0.05, 0.1) is 16.8 Å². The van der Waals surface area contributed by atoms with E-state index in [9.17, 15) is 0 Å². The van der Waals surface area contributed by atoms with Gasteiger partial charge >= 0.3 is 0 Å². The molecule has 2 heteroatoms. The molecule has 0 atom stereocenters. The van der Waals surface area contributed by atoms with Crippen molar-refractivity contribution in [3.05, 3.63) is 265 Å². The van der Waals surface area contributed by atoms with Crippen LogP contribution in [0, 0.1) is 0 Å². The van der Waals surface area contributed by atoms with Gasteiger partial charge in [-0.15, -0.1) is 0 Å². The van der Waals surface area contributed by atoms with E-state index in [0.717, 1.165) is 22.5 Å². The molecular weight excluding hydrogens is 737 g/mol. The highest BCUT2D eigenvalue weighted by atomic mass is 14.7. The summed E-state index contributed by atoms with van der Waals surface area (Å²) in [6.45, 7) is 0. The lowest BCUT2D eigenvalue weighted by Gasteiger charge is -2.34. The van der Waals surface area contributed by atoms with Crippen molar-refractivity contribution in [2.75, 3.05) is 0 Å². The standard InChI is InChI=1S/C59H40N2/c1-3-11-41(12-4-1)43-17-21-45(22-18-43)49-29-35-53-54-36-30-50(46-23-19-44(20-24-46)42-13-5-2-6-14-42)40-56(54)59(55(53)39-49,51-31-25-47(26-32-51)57-15-7-9-37-60-57)52-33-27-48(28-34-52)58-16-8-10-38-61-58/h1-40H. The van der Waals surface area contributed by atoms with E-state index in [1.54, 1.807) is 0 Å². The Kier molecular flexibility index (Phi) is 9.09. The summed E-state index contributed by atoms with van der Waals surface area (Å²) in [7, 11) is 0. The molecule has 0 fully saturated rings. The van der Waals surface area contributed by atoms with Crippen LogP contribution in [0.15, 0.2) is 243 Å². The fourth-order valence-corrected chi connectivity index (χ4v) is 9.29. The number of pyridine rings is 2. The van der Waals surface area contributed by atoms with Gasteiger partial charge in [0.2, 0.25) is 0 Å². The topological polar surface area (TPSA) is 25.8 Å². The Morgan fingerprint density at radius 3 is 0.918 bits per heavy atom. The first-order valence-electron chi connectivity index (χ1n) is 20.9. The molecule has 11 rings (SSSR count). The molecule has 1 aliphatic rings. The van der Waals surface area contributed by atoms with Gasteiger partial charge in [0.25, 0.3) is 0 Å². The molecule has 8 aromatic carbocycles. The van der Waals surface area contributed by atoms with Crippen LogP contribution in [0.5, 0.6) is 0 Å². The smallest absolute Gasteiger partial charge is 0.0714 e. The first-order valence-corrected chi connectivity index (χ1v) is 20.9. The minimum absolute atomic E-state index is 0.643. The molecule has 0 aliphatic heterocycles. The van der Waals surface area contributed by atoms with Crippen molar-refractivity contribution < 1.29 is 0 Å². The average molecular weight is 777 g/mol. The summed E-state index contributed by atoms with van der Waals surface area (Å²) < 4.78 is 0. The van der Waals surface area contributed by atoms with Gasteiger partial charge in [-0.3, -0.25) is 9.97 Å². The molecule has 0 unspecified atom stereocenters. The Hall–Kier alpha value is -7.94. The maximum absolute atomic E-state index is 4.70. The van der Waals surface area contributed by atoms with E-state index < -0.39 is 5.41 Å². The first-order chi connectivity index (χ1) is 30.2. The predicted molar refractivity (Wildman–Crippen MR) is 252 cm³/mol. The van der Waals surface area contributed by atoms with E-state index in [2.05, 4.69) is 206 Å². The maximum Gasteiger partial charge on any atom is 0.0714 e. The molecule has 2 heterocycles. The molecule has 0 spiro atoms. The van der Waals surface area contributed by atoms with E-state index in [1.165, 1.54) is 77.9 Å². The minimum Gasteiger partial charge on any atom is -0.256 e. The van der Waals surface area contributed by atoms with Crippen molar-refractivity contribution in [2.24, 2.45) is 0 Å². The minimum atomic E-state index is -0.643. The second-order valence-electron chi connectivity index (χ2n) is 15.7. The van der Waals surface area contributed by atoms with Crippen molar-refractivity contribution >= 4 is 0 Å². The zero-order valence-corrected chi connectivity index (χ0v) is 33.5. The number of hydrogen-bond acceptors (Lipinski definition) is 2. The summed E-state index contributed by atoms with van der Waals surface area (Å²) in [6.07, 6.45) is 3.72. The number of aromatic nitrogens is 2. The van der Waals surface area contributed by atoms with Crippen molar-refractivity contribution in [1.82, 2.24) is 9.97 Å². The zero-order chi connectivity index (χ0) is 40.6. The van der Waals surface area contributed by atoms with Crippen LogP contribution in [0.4, 0.5) is 0 Å². The van der Waals surface area contributed by atoms with E-state index >= 15 is 0 Å². The normalized spacial score (nSPS) is 12.4. The van der Waals surface area contributed by atoms with Gasteiger partial charge in [-0.2, -0.15) is 0 Å². The second-order valence-corrected chi connectivity index (χ2v) is 15.7. The molecular formula is C59H40N2. The van der Waals surface area contributed by atoms with E-state index in [-0.39, 0.29) is 0 Å². The largest absolute Gasteiger partial charge is 0.256 e. The van der Waals surface area contributed by atoms with Crippen molar-refractivity contribution in [3.63, 3.8) is 0 Å². The summed E-state index contributed by atoms with van der Waals surface area (Å²) in [4.78, 5) is 9.39. The second kappa shape index (κ2) is 15.3. The summed E-state index contributed by atoms with van der Waals surface area (Å²) in [5.74, 6) is 0. The third-order valence-corrected chi connectivity index (χ3v) is 12.3. The number of fused-ring (bicyclic) bond motifs is 3. The van der Waals surface area contributed by atoms with Gasteiger partial charge in [-0.05, 0) is 114 Å². The van der Waals surface area contributed by atoms with Crippen molar-refractivity contribution in [3.8, 4) is 78.1 Å². The molecule has 0 saturated heterocycles. The maximum atomic E-state index is 4.70. The molecule has 0 bridgehead atoms. The molecule has 286 valence electrons. The van der Waals surface area contributed by atoms with Crippen LogP contribution in [-0.4, -0.2) is 9.97 Å². The van der Waals surface area contributed by atoms with Crippen LogP contribution >= 0.6 is 0 Å². The van der Waals surface area contributed by atoms with E-state index in [1.807, 2.05) is 36.7 Å². The summed E-state index contributed by atoms with van der Waals surface area (Å²) >= 11 is 0. The van der Waals surface area contributed by atoms with Crippen LogP contribution in [0.2, 0.25) is 0 Å². The lowest BCUT2D eigenvalue weighted by Crippen LogP contribution is -2.28. The molecule has 1 aliphatic carbocycles. The quantitative estimate of drug-likeness (QED) is 0.154. The summed E-state index contributed by atoms with van der Waals surface area (Å²) in [5.41, 5.74) is 20.4. The molecule has 10 aromatic rings. The fraction of sp³-hybridized carbons (Fsp3) is 0.0169. The molecule has 0 N–H and O–H groups in total. The zero-order valence-electron chi connectivity index (χ0n) is 33.5. The lowest BCUT2D eigenvalue weighted by molar-refractivity contribution is 0.769. The highest BCUT2D eigenvalue weighted by Gasteiger charge is 2.46. The van der Waals surface area contributed by atoms with Crippen LogP contribution in [-0.2, 0) is 5.41 Å². The number of rotatable bonds is 8. The lowest BCUT2D eigenvalue weighted by atomic mass is 9.67. The summed E-state index contributed by atoms with van der Waals surface area (Å²) in [5, 5.41) is 0. The Labute approximate surface area is 357 Å². The molecule has 2 aromatic heterocycles. The third-order valence-electron chi connectivity index (χ3n) is 12.3. The third kappa shape index (κ3) is 6.46. The van der Waals surface area contributed by atoms with Crippen molar-refractivity contribution in [2.45, 2.75) is 5.41 Å². The molecule has 61 heavy (non-hydrogen) atoms. The Morgan fingerprint density at radius 2 is 0.557 bits per heavy atom. The van der Waals surface area contributed by atoms with E-state index in [0.29, 0.717) is 0 Å². The molecule has 0 amide bonds. The van der Waals surface area contributed by atoms with Gasteiger partial charge in [-0.25, -0.2) is 0 Å². The van der Waals surface area contributed by atoms with Gasteiger partial charge in [-0.1, -0.05) is 194 Å². The van der Waals surface area contributed by atoms with Gasteiger partial charge in [0, 0.05) is 23.5 Å². The first kappa shape index (κ1) is 36.2. The molecule has 2 nitrogen and oxygen atoms in total. The van der Waals surface area contributed by atoms with Crippen LogP contribution in [0.1, 0.15) is 22.3 Å². The van der Waals surface area contributed by atoms with Gasteiger partial charge < -0.3 is 0 Å². The fourth-order valence-electron chi connectivity index (χ4n) is 9.29. The highest BCUT2D eigenvalue weighted by Crippen LogP contribution is 2.58. The van der Waals surface area contributed by atoms with Gasteiger partial charge in [0.15, 0.2) is 0 Å². The van der Waals surface area contributed by atoms with Gasteiger partial charge in [0.1, 0.15) is 0 Å². The van der Waals surface area contributed by atoms with Crippen LogP contribution < -0.4 is 0 Å². The monoisotopic (exact) mass is 776 g/mol. The highest BCUT2D eigenvalue weighted by molar-refractivity contribution is 5.91. The SMILES string of the molecule is c1ccc(-c2ccc(-c3ccc4c(c3)C(c3ccc(-c5ccccn5)cc3)(c3ccc(-c5ccccn5)cc3)c3cc(-c5ccc(-c6ccccc6)cc5)ccc3-4)cc2)cc1. The molecule has 0 saturated carbocycles. The van der Waals surface area contributed by atoms with Crippen LogP contribution in [0.3, 0.4) is 0 Å². The number of nitrogens with zero attached hydrogens (tertiary/aromatic N) is 2. The Bertz CT molecular complexity index is 2890. The Morgan fingerprint density at radius 1 is 0.246 bits per heavy atom. The van der Waals surface area contributed by atoms with E-state index in [4.69, 9.17) is 9.97 Å².